The first-order valence-electron chi connectivity index (χ1n) is 6.20. The Morgan fingerprint density at radius 1 is 1.47 bits per heavy atom. The highest BCUT2D eigenvalue weighted by molar-refractivity contribution is 6.28. The number of nitrogens with one attached hydrogen (secondary N) is 1. The van der Waals surface area contributed by atoms with E-state index in [-0.39, 0.29) is 28.9 Å². The molecule has 2 atom stereocenters. The molecule has 0 spiro atoms. The third kappa shape index (κ3) is 2.62. The highest BCUT2D eigenvalue weighted by Gasteiger charge is 2.41. The monoisotopic (exact) mass is 284 g/mol. The van der Waals surface area contributed by atoms with Gasteiger partial charge in [-0.25, -0.2) is 4.98 Å². The predicted molar refractivity (Wildman–Crippen MR) is 68.2 cm³/mol. The molecule has 2 unspecified atom stereocenters. The van der Waals surface area contributed by atoms with Gasteiger partial charge in [0, 0.05) is 6.61 Å². The van der Waals surface area contributed by atoms with Gasteiger partial charge in [0.05, 0.1) is 17.1 Å². The van der Waals surface area contributed by atoms with Crippen LogP contribution in [0.2, 0.25) is 5.28 Å². The van der Waals surface area contributed by atoms with Gasteiger partial charge in [0.25, 0.3) is 0 Å². The molecule has 1 aliphatic carbocycles. The minimum absolute atomic E-state index is 0.00464. The van der Waals surface area contributed by atoms with Crippen molar-refractivity contribution in [3.05, 3.63) is 21.6 Å². The van der Waals surface area contributed by atoms with Crippen molar-refractivity contribution in [3.63, 3.8) is 0 Å². The highest BCUT2D eigenvalue weighted by atomic mass is 35.5. The van der Waals surface area contributed by atoms with Gasteiger partial charge < -0.3 is 10.1 Å². The van der Waals surface area contributed by atoms with Gasteiger partial charge in [0.1, 0.15) is 6.20 Å². The molecular weight excluding hydrogens is 272 g/mol. The fourth-order valence-electron chi connectivity index (χ4n) is 2.42. The third-order valence-electron chi connectivity index (χ3n) is 3.48. The molecule has 0 radical (unpaired) electrons. The number of nitrogens with zero attached hydrogens (tertiary/aromatic N) is 3. The summed E-state index contributed by atoms with van der Waals surface area (Å²) in [5.74, 6) is 0.738. The van der Waals surface area contributed by atoms with Crippen molar-refractivity contribution in [2.45, 2.75) is 31.4 Å². The fraction of sp³-hybridized carbons (Fsp3) is 0.636. The zero-order valence-corrected chi connectivity index (χ0v) is 10.8. The molecule has 8 heteroatoms. The molecule has 2 heterocycles. The van der Waals surface area contributed by atoms with E-state index in [2.05, 4.69) is 15.3 Å². The zero-order valence-electron chi connectivity index (χ0n) is 10.1. The summed E-state index contributed by atoms with van der Waals surface area (Å²) in [5.41, 5.74) is -0.161. The van der Waals surface area contributed by atoms with Crippen LogP contribution in [-0.2, 0) is 4.74 Å². The molecule has 1 aromatic heterocycles. The minimum atomic E-state index is -0.513. The Hall–Kier alpha value is -1.47. The highest BCUT2D eigenvalue weighted by Crippen LogP contribution is 2.40. The Labute approximate surface area is 114 Å². The zero-order chi connectivity index (χ0) is 13.4. The van der Waals surface area contributed by atoms with E-state index in [0.717, 1.165) is 25.5 Å². The Bertz CT molecular complexity index is 509. The Morgan fingerprint density at radius 2 is 2.26 bits per heavy atom. The topological polar surface area (TPSA) is 90.2 Å². The number of ether oxygens (including phenoxy) is 1. The lowest BCUT2D eigenvalue weighted by atomic mass is 10.1. The standard InChI is InChI=1S/C11H13ClN4O3/c12-11-13-5-8(16(17)18)10(15-11)14-7-3-4-19-9(7)6-1-2-6/h5-7,9H,1-4H2,(H,13,14,15). The van der Waals surface area contributed by atoms with Crippen molar-refractivity contribution in [1.82, 2.24) is 9.97 Å². The molecule has 0 bridgehead atoms. The van der Waals surface area contributed by atoms with Gasteiger partial charge in [-0.1, -0.05) is 0 Å². The summed E-state index contributed by atoms with van der Waals surface area (Å²) in [4.78, 5) is 18.0. The van der Waals surface area contributed by atoms with Crippen LogP contribution < -0.4 is 5.32 Å². The van der Waals surface area contributed by atoms with Crippen molar-refractivity contribution in [2.24, 2.45) is 5.92 Å². The van der Waals surface area contributed by atoms with E-state index in [0.29, 0.717) is 12.5 Å². The first-order chi connectivity index (χ1) is 9.15. The number of hydrogen-bond donors (Lipinski definition) is 1. The fourth-order valence-corrected chi connectivity index (χ4v) is 2.56. The van der Waals surface area contributed by atoms with Gasteiger partial charge in [0.2, 0.25) is 11.1 Å². The number of nitro groups is 1. The van der Waals surface area contributed by atoms with E-state index in [1.54, 1.807) is 0 Å². The smallest absolute Gasteiger partial charge is 0.329 e. The molecule has 1 saturated carbocycles. The van der Waals surface area contributed by atoms with Crippen LogP contribution in [0.3, 0.4) is 0 Å². The van der Waals surface area contributed by atoms with Crippen molar-refractivity contribution in [2.75, 3.05) is 11.9 Å². The van der Waals surface area contributed by atoms with Crippen molar-refractivity contribution < 1.29 is 9.66 Å². The van der Waals surface area contributed by atoms with Gasteiger partial charge in [-0.15, -0.1) is 0 Å². The quantitative estimate of drug-likeness (QED) is 0.517. The molecule has 7 nitrogen and oxygen atoms in total. The van der Waals surface area contributed by atoms with E-state index in [9.17, 15) is 10.1 Å². The summed E-state index contributed by atoms with van der Waals surface area (Å²) in [6.45, 7) is 0.672. The van der Waals surface area contributed by atoms with Gasteiger partial charge in [0.15, 0.2) is 0 Å². The number of rotatable bonds is 4. The van der Waals surface area contributed by atoms with E-state index in [4.69, 9.17) is 16.3 Å². The first kappa shape index (κ1) is 12.6. The van der Waals surface area contributed by atoms with Crippen molar-refractivity contribution >= 4 is 23.1 Å². The van der Waals surface area contributed by atoms with Crippen LogP contribution in [-0.4, -0.2) is 33.6 Å². The number of halogens is 1. The van der Waals surface area contributed by atoms with Crippen LogP contribution in [0.25, 0.3) is 0 Å². The van der Waals surface area contributed by atoms with Crippen LogP contribution in [0.15, 0.2) is 6.20 Å². The molecule has 0 amide bonds. The summed E-state index contributed by atoms with van der Waals surface area (Å²) >= 11 is 5.70. The Kier molecular flexibility index (Phi) is 3.24. The molecule has 102 valence electrons. The van der Waals surface area contributed by atoms with E-state index in [1.807, 2.05) is 0 Å². The summed E-state index contributed by atoms with van der Waals surface area (Å²) in [7, 11) is 0. The van der Waals surface area contributed by atoms with Crippen molar-refractivity contribution in [3.8, 4) is 0 Å². The normalized spacial score (nSPS) is 26.4. The molecule has 1 aromatic rings. The average Bonchev–Trinajstić information content (AvgIpc) is 3.10. The second-order valence-corrected chi connectivity index (χ2v) is 5.18. The molecule has 1 N–H and O–H groups in total. The number of aromatic nitrogens is 2. The van der Waals surface area contributed by atoms with Crippen molar-refractivity contribution in [1.29, 1.82) is 0 Å². The van der Waals surface area contributed by atoms with Crippen LogP contribution in [0.5, 0.6) is 0 Å². The lowest BCUT2D eigenvalue weighted by Crippen LogP contribution is -2.31. The maximum atomic E-state index is 10.9. The van der Waals surface area contributed by atoms with Gasteiger partial charge in [-0.3, -0.25) is 10.1 Å². The SMILES string of the molecule is O=[N+]([O-])c1cnc(Cl)nc1NC1CCOC1C1CC1. The minimum Gasteiger partial charge on any atom is -0.376 e. The lowest BCUT2D eigenvalue weighted by molar-refractivity contribution is -0.384. The molecule has 0 aromatic carbocycles. The molecule has 2 aliphatic rings. The first-order valence-corrected chi connectivity index (χ1v) is 6.58. The molecular formula is C11H13ClN4O3. The Balaban J connectivity index is 1.81. The summed E-state index contributed by atoms with van der Waals surface area (Å²) < 4.78 is 5.68. The maximum absolute atomic E-state index is 10.9. The van der Waals surface area contributed by atoms with Gasteiger partial charge >= 0.3 is 5.69 Å². The van der Waals surface area contributed by atoms with E-state index in [1.165, 1.54) is 0 Å². The largest absolute Gasteiger partial charge is 0.376 e. The average molecular weight is 285 g/mol. The van der Waals surface area contributed by atoms with Crippen LogP contribution >= 0.6 is 11.6 Å². The lowest BCUT2D eigenvalue weighted by Gasteiger charge is -2.19. The van der Waals surface area contributed by atoms with E-state index >= 15 is 0 Å². The molecule has 19 heavy (non-hydrogen) atoms. The third-order valence-corrected chi connectivity index (χ3v) is 3.66. The van der Waals surface area contributed by atoms with Gasteiger partial charge in [-0.05, 0) is 36.8 Å². The molecule has 2 fully saturated rings. The molecule has 3 rings (SSSR count). The second kappa shape index (κ2) is 4.90. The number of anilines is 1. The van der Waals surface area contributed by atoms with Crippen LogP contribution in [0, 0.1) is 16.0 Å². The van der Waals surface area contributed by atoms with Crippen LogP contribution in [0.1, 0.15) is 19.3 Å². The number of hydrogen-bond acceptors (Lipinski definition) is 6. The van der Waals surface area contributed by atoms with Gasteiger partial charge in [-0.2, -0.15) is 4.98 Å². The maximum Gasteiger partial charge on any atom is 0.329 e. The summed E-state index contributed by atoms with van der Waals surface area (Å²) in [6, 6.07) is 0.0529. The summed E-state index contributed by atoms with van der Waals surface area (Å²) in [5, 5.41) is 14.0. The molecule has 1 aliphatic heterocycles. The molecule has 1 saturated heterocycles. The van der Waals surface area contributed by atoms with E-state index < -0.39 is 4.92 Å². The second-order valence-electron chi connectivity index (χ2n) is 4.84. The van der Waals surface area contributed by atoms with Crippen LogP contribution in [0.4, 0.5) is 11.5 Å². The Morgan fingerprint density at radius 3 is 2.95 bits per heavy atom. The predicted octanol–water partition coefficient (Wildman–Crippen LogP) is 2.02. The summed E-state index contributed by atoms with van der Waals surface area (Å²) in [6.07, 6.45) is 4.39.